The molecule has 1 saturated carbocycles. The Bertz CT molecular complexity index is 564. The Balaban J connectivity index is 1.94. The van der Waals surface area contributed by atoms with Crippen LogP contribution in [0.4, 0.5) is 0 Å². The second-order valence-corrected chi connectivity index (χ2v) is 13.2. The lowest BCUT2D eigenvalue weighted by Gasteiger charge is -2.36. The van der Waals surface area contributed by atoms with Crippen molar-refractivity contribution in [3.05, 3.63) is 45.6 Å². The number of hydrogen-bond donors (Lipinski definition) is 0. The van der Waals surface area contributed by atoms with Crippen molar-refractivity contribution >= 4 is 8.07 Å². The predicted octanol–water partition coefficient (Wildman–Crippen LogP) is 6.95. The summed E-state index contributed by atoms with van der Waals surface area (Å²) >= 11 is 0. The first-order valence-electron chi connectivity index (χ1n) is 9.11. The number of fused-ring (bicyclic) bond motifs is 1. The molecule has 0 bridgehead atoms. The van der Waals surface area contributed by atoms with E-state index in [0.29, 0.717) is 0 Å². The number of hydrogen-bond acceptors (Lipinski definition) is 0. The zero-order chi connectivity index (χ0) is 16.1. The van der Waals surface area contributed by atoms with Crippen LogP contribution < -0.4 is 0 Å². The van der Waals surface area contributed by atoms with Crippen molar-refractivity contribution in [1.29, 1.82) is 0 Å². The van der Waals surface area contributed by atoms with Gasteiger partial charge in [0.1, 0.15) is 0 Å². The van der Waals surface area contributed by atoms with Gasteiger partial charge in [-0.3, -0.25) is 0 Å². The Hall–Kier alpha value is -0.823. The van der Waals surface area contributed by atoms with E-state index in [1.54, 1.807) is 33.4 Å². The van der Waals surface area contributed by atoms with Crippen molar-refractivity contribution in [3.8, 4) is 0 Å². The Morgan fingerprint density at radius 3 is 1.68 bits per heavy atom. The topological polar surface area (TPSA) is 0 Å². The SMILES string of the molecule is CC1=C(C)C([Si](C)(C)C2C=C3CCCCCC3=C2)C(C)=C1C. The summed E-state index contributed by atoms with van der Waals surface area (Å²) in [6.07, 6.45) is 12.2. The number of rotatable bonds is 2. The molecule has 0 aromatic rings. The third-order valence-corrected chi connectivity index (χ3v) is 11.2. The van der Waals surface area contributed by atoms with Crippen molar-refractivity contribution in [2.45, 2.75) is 84.0 Å². The van der Waals surface area contributed by atoms with Crippen molar-refractivity contribution in [2.75, 3.05) is 0 Å². The fourth-order valence-corrected chi connectivity index (χ4v) is 9.39. The number of allylic oxidation sites excluding steroid dienone is 8. The monoisotopic (exact) mass is 312 g/mol. The molecule has 0 amide bonds. The molecule has 0 spiro atoms. The van der Waals surface area contributed by atoms with Crippen LogP contribution in [0.1, 0.15) is 59.8 Å². The van der Waals surface area contributed by atoms with Gasteiger partial charge in [0.15, 0.2) is 0 Å². The first-order chi connectivity index (χ1) is 10.3. The van der Waals surface area contributed by atoms with Gasteiger partial charge < -0.3 is 0 Å². The van der Waals surface area contributed by atoms with Crippen molar-refractivity contribution in [2.24, 2.45) is 0 Å². The summed E-state index contributed by atoms with van der Waals surface area (Å²) in [4.78, 5) is 0. The summed E-state index contributed by atoms with van der Waals surface area (Å²) in [5.74, 6) is 0. The molecule has 3 aliphatic rings. The van der Waals surface area contributed by atoms with E-state index in [1.807, 2.05) is 0 Å². The third-order valence-electron chi connectivity index (χ3n) is 6.78. The molecule has 1 fully saturated rings. The Kier molecular flexibility index (Phi) is 4.14. The highest BCUT2D eigenvalue weighted by Crippen LogP contribution is 2.53. The van der Waals surface area contributed by atoms with E-state index in [1.165, 1.54) is 32.1 Å². The minimum Gasteiger partial charge on any atom is -0.0768 e. The third kappa shape index (κ3) is 2.42. The molecule has 0 unspecified atom stereocenters. The lowest BCUT2D eigenvalue weighted by atomic mass is 10.1. The van der Waals surface area contributed by atoms with Crippen LogP contribution in [0.3, 0.4) is 0 Å². The molecular weight excluding hydrogens is 280 g/mol. The quantitative estimate of drug-likeness (QED) is 0.484. The van der Waals surface area contributed by atoms with Crippen LogP contribution >= 0.6 is 0 Å². The summed E-state index contributed by atoms with van der Waals surface area (Å²) in [5.41, 5.74) is 11.4. The minimum atomic E-state index is -1.42. The maximum atomic E-state index is 2.68. The summed E-state index contributed by atoms with van der Waals surface area (Å²) in [6, 6.07) is 0. The molecule has 0 aromatic heterocycles. The van der Waals surface area contributed by atoms with Gasteiger partial charge in [-0.1, -0.05) is 42.8 Å². The van der Waals surface area contributed by atoms with E-state index in [9.17, 15) is 0 Å². The van der Waals surface area contributed by atoms with Gasteiger partial charge in [0.05, 0.1) is 8.07 Å². The highest BCUT2D eigenvalue weighted by atomic mass is 28.3. The summed E-state index contributed by atoms with van der Waals surface area (Å²) in [6.45, 7) is 14.7. The highest BCUT2D eigenvalue weighted by molar-refractivity contribution is 6.82. The zero-order valence-corrected chi connectivity index (χ0v) is 16.3. The molecule has 3 rings (SSSR count). The molecule has 3 aliphatic carbocycles. The maximum Gasteiger partial charge on any atom is 0.0706 e. The second-order valence-electron chi connectivity index (χ2n) is 8.34. The Labute approximate surface area is 138 Å². The maximum absolute atomic E-state index is 2.68. The molecule has 120 valence electrons. The lowest BCUT2D eigenvalue weighted by Crippen LogP contribution is -2.37. The smallest absolute Gasteiger partial charge is 0.0706 e. The molecular formula is C21H32Si. The lowest BCUT2D eigenvalue weighted by molar-refractivity contribution is 0.717. The van der Waals surface area contributed by atoms with Crippen LogP contribution in [-0.4, -0.2) is 8.07 Å². The second kappa shape index (κ2) is 5.67. The van der Waals surface area contributed by atoms with Gasteiger partial charge in [0, 0.05) is 0 Å². The first kappa shape index (κ1) is 16.0. The first-order valence-corrected chi connectivity index (χ1v) is 12.3. The molecule has 0 heterocycles. The van der Waals surface area contributed by atoms with E-state index in [0.717, 1.165) is 11.1 Å². The predicted molar refractivity (Wildman–Crippen MR) is 101 cm³/mol. The summed E-state index contributed by atoms with van der Waals surface area (Å²) in [7, 11) is -1.42. The van der Waals surface area contributed by atoms with Crippen LogP contribution in [0.25, 0.3) is 0 Å². The molecule has 22 heavy (non-hydrogen) atoms. The van der Waals surface area contributed by atoms with Crippen molar-refractivity contribution in [3.63, 3.8) is 0 Å². The fraction of sp³-hybridized carbons (Fsp3) is 0.619. The molecule has 1 heteroatoms. The molecule has 0 aromatic carbocycles. The van der Waals surface area contributed by atoms with E-state index in [2.05, 4.69) is 52.9 Å². The molecule has 0 nitrogen and oxygen atoms in total. The average Bonchev–Trinajstić information content (AvgIpc) is 2.86. The van der Waals surface area contributed by atoms with Gasteiger partial charge in [0.2, 0.25) is 0 Å². The van der Waals surface area contributed by atoms with Crippen LogP contribution in [-0.2, 0) is 0 Å². The fourth-order valence-electron chi connectivity index (χ4n) is 5.08. The van der Waals surface area contributed by atoms with E-state index >= 15 is 0 Å². The molecule has 0 N–H and O–H groups in total. The normalized spacial score (nSPS) is 24.6. The van der Waals surface area contributed by atoms with Gasteiger partial charge in [-0.25, -0.2) is 0 Å². The van der Waals surface area contributed by atoms with Crippen LogP contribution in [0, 0.1) is 0 Å². The molecule has 0 atom stereocenters. The van der Waals surface area contributed by atoms with Crippen LogP contribution in [0.5, 0.6) is 0 Å². The van der Waals surface area contributed by atoms with Crippen LogP contribution in [0.2, 0.25) is 24.2 Å². The van der Waals surface area contributed by atoms with Gasteiger partial charge in [0.25, 0.3) is 0 Å². The summed E-state index contributed by atoms with van der Waals surface area (Å²) in [5, 5.41) is 0. The van der Waals surface area contributed by atoms with Gasteiger partial charge in [-0.15, -0.1) is 0 Å². The van der Waals surface area contributed by atoms with E-state index < -0.39 is 8.07 Å². The Morgan fingerprint density at radius 2 is 1.23 bits per heavy atom. The van der Waals surface area contributed by atoms with Gasteiger partial charge >= 0.3 is 0 Å². The minimum absolute atomic E-state index is 0.740. The Morgan fingerprint density at radius 1 is 0.773 bits per heavy atom. The molecule has 0 radical (unpaired) electrons. The van der Waals surface area contributed by atoms with Gasteiger partial charge in [-0.2, -0.15) is 0 Å². The average molecular weight is 313 g/mol. The molecule has 0 aliphatic heterocycles. The van der Waals surface area contributed by atoms with E-state index in [4.69, 9.17) is 0 Å². The summed E-state index contributed by atoms with van der Waals surface area (Å²) < 4.78 is 0. The zero-order valence-electron chi connectivity index (χ0n) is 15.3. The standard InChI is InChI=1S/C21H32Si/c1-14-15(2)17(4)21(16(14)3)22(5,6)20-12-18-10-8-7-9-11-19(18)13-20/h12-13,20-21H,7-11H2,1-6H3. The van der Waals surface area contributed by atoms with Crippen LogP contribution in [0.15, 0.2) is 45.6 Å². The van der Waals surface area contributed by atoms with Crippen molar-refractivity contribution < 1.29 is 0 Å². The van der Waals surface area contributed by atoms with Crippen molar-refractivity contribution in [1.82, 2.24) is 0 Å². The van der Waals surface area contributed by atoms with Gasteiger partial charge in [-0.05, 0) is 86.8 Å². The molecule has 0 saturated heterocycles. The highest BCUT2D eigenvalue weighted by Gasteiger charge is 2.43. The van der Waals surface area contributed by atoms with E-state index in [-0.39, 0.29) is 0 Å². The largest absolute Gasteiger partial charge is 0.0768 e.